The smallest absolute Gasteiger partial charge is 0.264 e. The Balaban J connectivity index is 1.74. The van der Waals surface area contributed by atoms with Crippen molar-refractivity contribution < 1.29 is 22.1 Å². The van der Waals surface area contributed by atoms with Crippen molar-refractivity contribution in [1.29, 1.82) is 0 Å². The number of nitrogens with zero attached hydrogens (tertiary/aromatic N) is 2. The number of hydrogen-bond acceptors (Lipinski definition) is 7. The van der Waals surface area contributed by atoms with Crippen LogP contribution in [0.25, 0.3) is 0 Å². The van der Waals surface area contributed by atoms with Crippen molar-refractivity contribution in [2.45, 2.75) is 77.4 Å². The van der Waals surface area contributed by atoms with E-state index in [0.29, 0.717) is 18.7 Å². The summed E-state index contributed by atoms with van der Waals surface area (Å²) in [7, 11) is 0.127. The first kappa shape index (κ1) is 27.9. The molecule has 190 valence electrons. The lowest BCUT2D eigenvalue weighted by atomic mass is 10.00. The molecule has 0 saturated carbocycles. The minimum Gasteiger partial charge on any atom is -0.496 e. The van der Waals surface area contributed by atoms with E-state index < -0.39 is 10.1 Å². The summed E-state index contributed by atoms with van der Waals surface area (Å²) in [6.07, 6.45) is 8.76. The highest BCUT2D eigenvalue weighted by Crippen LogP contribution is 2.31. The van der Waals surface area contributed by atoms with Crippen LogP contribution in [0.5, 0.6) is 11.5 Å². The fourth-order valence-corrected chi connectivity index (χ4v) is 5.14. The van der Waals surface area contributed by atoms with E-state index in [-0.39, 0.29) is 0 Å². The van der Waals surface area contributed by atoms with Crippen LogP contribution in [0, 0.1) is 0 Å². The number of piperidine rings is 1. The molecule has 0 atom stereocenters. The summed E-state index contributed by atoms with van der Waals surface area (Å²) < 4.78 is 37.9. The van der Waals surface area contributed by atoms with Gasteiger partial charge in [0.05, 0.1) is 32.6 Å². The highest BCUT2D eigenvalue weighted by Gasteiger charge is 2.27. The zero-order valence-corrected chi connectivity index (χ0v) is 22.0. The van der Waals surface area contributed by atoms with Crippen molar-refractivity contribution in [2.24, 2.45) is 0 Å². The molecule has 0 radical (unpaired) electrons. The molecule has 0 N–H and O–H groups in total. The van der Waals surface area contributed by atoms with Gasteiger partial charge in [-0.3, -0.25) is 14.0 Å². The van der Waals surface area contributed by atoms with Gasteiger partial charge in [-0.2, -0.15) is 8.42 Å². The Hall–Kier alpha value is -1.35. The van der Waals surface area contributed by atoms with Gasteiger partial charge in [-0.25, -0.2) is 0 Å². The second-order valence-electron chi connectivity index (χ2n) is 9.27. The quantitative estimate of drug-likeness (QED) is 0.271. The topological polar surface area (TPSA) is 68.3 Å². The van der Waals surface area contributed by atoms with Crippen LogP contribution >= 0.6 is 0 Å². The molecule has 1 fully saturated rings. The number of likely N-dealkylation sites (tertiary alicyclic amines) is 1. The third-order valence-corrected chi connectivity index (χ3v) is 7.05. The molecular weight excluding hydrogens is 440 g/mol. The maximum atomic E-state index is 11.0. The zero-order valence-electron chi connectivity index (χ0n) is 21.2. The van der Waals surface area contributed by atoms with Crippen LogP contribution in [0.4, 0.5) is 0 Å². The molecule has 1 aromatic carbocycles. The predicted molar refractivity (Wildman–Crippen MR) is 134 cm³/mol. The molecule has 0 unspecified atom stereocenters. The van der Waals surface area contributed by atoms with E-state index in [1.165, 1.54) is 25.7 Å². The molecule has 0 bridgehead atoms. The maximum absolute atomic E-state index is 11.0. The lowest BCUT2D eigenvalue weighted by Crippen LogP contribution is -2.47. The Morgan fingerprint density at radius 1 is 1.00 bits per heavy atom. The van der Waals surface area contributed by atoms with Crippen LogP contribution in [-0.4, -0.2) is 77.0 Å². The molecule has 0 spiro atoms. The van der Waals surface area contributed by atoms with Gasteiger partial charge in [-0.15, -0.1) is 0 Å². The second kappa shape index (κ2) is 14.1. The lowest BCUT2D eigenvalue weighted by Gasteiger charge is -2.41. The molecule has 0 aromatic heterocycles. The number of ether oxygens (including phenoxy) is 2. The van der Waals surface area contributed by atoms with Crippen molar-refractivity contribution in [2.75, 3.05) is 46.7 Å². The molecule has 1 aliphatic heterocycles. The Labute approximate surface area is 201 Å². The van der Waals surface area contributed by atoms with Crippen molar-refractivity contribution in [3.8, 4) is 11.5 Å². The number of unbranched alkanes of at least 4 members (excludes halogenated alkanes) is 4. The highest BCUT2D eigenvalue weighted by molar-refractivity contribution is 7.85. The number of methoxy groups -OCH3 is 2. The number of benzene rings is 1. The first-order valence-electron chi connectivity index (χ1n) is 12.3. The van der Waals surface area contributed by atoms with Crippen LogP contribution in [0.3, 0.4) is 0 Å². The predicted octanol–water partition coefficient (Wildman–Crippen LogP) is 4.31. The van der Waals surface area contributed by atoms with Gasteiger partial charge in [0, 0.05) is 18.6 Å². The van der Waals surface area contributed by atoms with Gasteiger partial charge in [-0.1, -0.05) is 25.3 Å². The molecule has 0 aliphatic carbocycles. The molecule has 8 heteroatoms. The van der Waals surface area contributed by atoms with Crippen LogP contribution in [0.15, 0.2) is 18.2 Å². The van der Waals surface area contributed by atoms with E-state index in [1.54, 1.807) is 14.2 Å². The van der Waals surface area contributed by atoms with E-state index in [1.807, 2.05) is 18.2 Å². The molecule has 1 heterocycles. The Kier molecular flexibility index (Phi) is 12.0. The van der Waals surface area contributed by atoms with Crippen molar-refractivity contribution in [3.63, 3.8) is 0 Å². The van der Waals surface area contributed by atoms with Crippen LogP contribution < -0.4 is 9.47 Å². The maximum Gasteiger partial charge on any atom is 0.264 e. The Morgan fingerprint density at radius 3 is 2.12 bits per heavy atom. The van der Waals surface area contributed by atoms with Crippen molar-refractivity contribution in [3.05, 3.63) is 23.8 Å². The summed E-state index contributed by atoms with van der Waals surface area (Å²) in [5.74, 6) is 1.78. The van der Waals surface area contributed by atoms with E-state index in [4.69, 9.17) is 13.7 Å². The van der Waals surface area contributed by atoms with E-state index >= 15 is 0 Å². The first-order valence-corrected chi connectivity index (χ1v) is 14.1. The fourth-order valence-electron chi connectivity index (χ4n) is 4.72. The largest absolute Gasteiger partial charge is 0.496 e. The normalized spacial score (nSPS) is 16.0. The van der Waals surface area contributed by atoms with Gasteiger partial charge >= 0.3 is 0 Å². The number of hydrogen-bond donors (Lipinski definition) is 0. The molecule has 1 aromatic rings. The van der Waals surface area contributed by atoms with E-state index in [9.17, 15) is 8.42 Å². The molecule has 7 nitrogen and oxygen atoms in total. The van der Waals surface area contributed by atoms with Gasteiger partial charge in [0.1, 0.15) is 11.5 Å². The third-order valence-electron chi connectivity index (χ3n) is 6.46. The van der Waals surface area contributed by atoms with Gasteiger partial charge in [0.15, 0.2) is 0 Å². The summed E-state index contributed by atoms with van der Waals surface area (Å²) in [5, 5.41) is 0. The monoisotopic (exact) mass is 484 g/mol. The molecule has 2 rings (SSSR count). The molecule has 1 saturated heterocycles. The van der Waals surface area contributed by atoms with Gasteiger partial charge in [0.2, 0.25) is 0 Å². The van der Waals surface area contributed by atoms with Gasteiger partial charge in [-0.05, 0) is 71.3 Å². The van der Waals surface area contributed by atoms with E-state index in [2.05, 4.69) is 23.6 Å². The minimum absolute atomic E-state index is 0.302. The molecule has 33 heavy (non-hydrogen) atoms. The molecule has 1 aliphatic rings. The first-order chi connectivity index (χ1) is 15.7. The van der Waals surface area contributed by atoms with Crippen LogP contribution in [-0.2, 0) is 20.8 Å². The minimum atomic E-state index is -3.31. The average molecular weight is 485 g/mol. The molecular formula is C25H44N2O5S. The van der Waals surface area contributed by atoms with Gasteiger partial charge < -0.3 is 9.47 Å². The molecule has 0 amide bonds. The summed E-state index contributed by atoms with van der Waals surface area (Å²) in [6.45, 7) is 9.04. The fraction of sp³-hybridized carbons (Fsp3) is 0.760. The van der Waals surface area contributed by atoms with Crippen molar-refractivity contribution >= 4 is 10.1 Å². The Morgan fingerprint density at radius 2 is 1.58 bits per heavy atom. The highest BCUT2D eigenvalue weighted by atomic mass is 32.2. The summed E-state index contributed by atoms with van der Waals surface area (Å²) in [6, 6.07) is 7.15. The average Bonchev–Trinajstić information content (AvgIpc) is 2.78. The Bertz CT molecular complexity index is 770. The standard InChI is InChI=1S/C25H44N2O5S/c1-21(2)27(16-9-7-6-8-10-19-32-33(5,28)29)22-14-17-26(18-15-22)20-23-24(30-3)12-11-13-25(23)31-4/h11-13,21-22H,6-10,14-20H2,1-5H3. The van der Waals surface area contributed by atoms with Crippen LogP contribution in [0.1, 0.15) is 64.4 Å². The summed E-state index contributed by atoms with van der Waals surface area (Å²) in [5.41, 5.74) is 1.13. The van der Waals surface area contributed by atoms with E-state index in [0.717, 1.165) is 68.8 Å². The van der Waals surface area contributed by atoms with Crippen LogP contribution in [0.2, 0.25) is 0 Å². The third kappa shape index (κ3) is 9.81. The summed E-state index contributed by atoms with van der Waals surface area (Å²) in [4.78, 5) is 5.18. The lowest BCUT2D eigenvalue weighted by molar-refractivity contribution is 0.0795. The second-order valence-corrected chi connectivity index (χ2v) is 10.9. The zero-order chi connectivity index (χ0) is 24.3. The number of rotatable bonds is 15. The van der Waals surface area contributed by atoms with Gasteiger partial charge in [0.25, 0.3) is 10.1 Å². The SMILES string of the molecule is COc1cccc(OC)c1CN1CCC(N(CCCCCCCOS(C)(=O)=O)C(C)C)CC1. The van der Waals surface area contributed by atoms with Crippen molar-refractivity contribution in [1.82, 2.24) is 9.80 Å². The summed E-state index contributed by atoms with van der Waals surface area (Å²) >= 11 is 0.